The lowest BCUT2D eigenvalue weighted by atomic mass is 10.1. The molecule has 31 heavy (non-hydrogen) atoms. The van der Waals surface area contributed by atoms with E-state index in [0.717, 1.165) is 17.7 Å². The van der Waals surface area contributed by atoms with Crippen LogP contribution in [0.15, 0.2) is 48.5 Å². The van der Waals surface area contributed by atoms with Gasteiger partial charge in [0.15, 0.2) is 0 Å². The fourth-order valence-electron chi connectivity index (χ4n) is 3.05. The summed E-state index contributed by atoms with van der Waals surface area (Å²) < 4.78 is 19.9. The fraction of sp³-hybridized carbons (Fsp3) is 0.440. The molecule has 2 amide bonds. The Labute approximate surface area is 184 Å². The van der Waals surface area contributed by atoms with Gasteiger partial charge in [-0.25, -0.2) is 4.39 Å². The summed E-state index contributed by atoms with van der Waals surface area (Å²) in [6.45, 7) is 8.00. The van der Waals surface area contributed by atoms with E-state index in [4.69, 9.17) is 4.74 Å². The summed E-state index contributed by atoms with van der Waals surface area (Å²) in [5.74, 6) is -0.0856. The van der Waals surface area contributed by atoms with Crippen molar-refractivity contribution in [1.82, 2.24) is 10.2 Å². The molecular weight excluding hydrogens is 395 g/mol. The highest BCUT2D eigenvalue weighted by Crippen LogP contribution is 2.16. The van der Waals surface area contributed by atoms with Crippen molar-refractivity contribution >= 4 is 11.8 Å². The van der Waals surface area contributed by atoms with Gasteiger partial charge in [0.25, 0.3) is 0 Å². The van der Waals surface area contributed by atoms with Crippen molar-refractivity contribution in [2.24, 2.45) is 0 Å². The number of amides is 2. The van der Waals surface area contributed by atoms with E-state index in [1.54, 1.807) is 25.1 Å². The smallest absolute Gasteiger partial charge is 0.242 e. The molecule has 0 unspecified atom stereocenters. The Kier molecular flexibility index (Phi) is 9.50. The van der Waals surface area contributed by atoms with Gasteiger partial charge in [-0.3, -0.25) is 9.59 Å². The molecule has 0 fully saturated rings. The lowest BCUT2D eigenvalue weighted by Gasteiger charge is -2.30. The minimum absolute atomic E-state index is 0.00303. The zero-order valence-corrected chi connectivity index (χ0v) is 18.9. The molecule has 6 heteroatoms. The van der Waals surface area contributed by atoms with Gasteiger partial charge in [-0.1, -0.05) is 42.8 Å². The molecule has 0 aliphatic heterocycles. The highest BCUT2D eigenvalue weighted by Gasteiger charge is 2.27. The Balaban J connectivity index is 2.01. The quantitative estimate of drug-likeness (QED) is 0.531. The summed E-state index contributed by atoms with van der Waals surface area (Å²) >= 11 is 0. The monoisotopic (exact) mass is 428 g/mol. The predicted octanol–water partition coefficient (Wildman–Crippen LogP) is 4.63. The lowest BCUT2D eigenvalue weighted by molar-refractivity contribution is -0.141. The van der Waals surface area contributed by atoms with Crippen LogP contribution in [0.4, 0.5) is 4.39 Å². The standard InChI is InChI=1S/C25H33FN2O3/c1-5-19(3)27-25(30)20(4)28(17-21-9-6-7-10-23(21)26)24(29)11-8-16-31-22-14-12-18(2)13-15-22/h6-7,9-10,12-15,19-20H,5,8,11,16-17H2,1-4H3,(H,27,30)/t19-,20+/m0/s1. The molecule has 2 atom stereocenters. The number of nitrogens with one attached hydrogen (secondary N) is 1. The number of halogens is 1. The van der Waals surface area contributed by atoms with E-state index in [1.807, 2.05) is 45.0 Å². The van der Waals surface area contributed by atoms with E-state index in [1.165, 1.54) is 11.0 Å². The molecule has 0 spiro atoms. The molecule has 0 aromatic heterocycles. The van der Waals surface area contributed by atoms with Crippen LogP contribution in [0.1, 0.15) is 51.2 Å². The summed E-state index contributed by atoms with van der Waals surface area (Å²) in [6, 6.07) is 13.3. The molecule has 0 saturated carbocycles. The van der Waals surface area contributed by atoms with Crippen molar-refractivity contribution in [3.8, 4) is 5.75 Å². The zero-order valence-electron chi connectivity index (χ0n) is 18.9. The first-order chi connectivity index (χ1) is 14.8. The molecular formula is C25H33FN2O3. The third-order valence-electron chi connectivity index (χ3n) is 5.29. The summed E-state index contributed by atoms with van der Waals surface area (Å²) in [7, 11) is 0. The van der Waals surface area contributed by atoms with Gasteiger partial charge >= 0.3 is 0 Å². The van der Waals surface area contributed by atoms with Crippen molar-refractivity contribution in [3.63, 3.8) is 0 Å². The second kappa shape index (κ2) is 12.1. The molecule has 168 valence electrons. The number of hydrogen-bond acceptors (Lipinski definition) is 3. The number of nitrogens with zero attached hydrogens (tertiary/aromatic N) is 1. The number of hydrogen-bond donors (Lipinski definition) is 1. The van der Waals surface area contributed by atoms with Crippen molar-refractivity contribution in [1.29, 1.82) is 0 Å². The fourth-order valence-corrected chi connectivity index (χ4v) is 3.05. The van der Waals surface area contributed by atoms with Crippen molar-refractivity contribution in [2.75, 3.05) is 6.61 Å². The highest BCUT2D eigenvalue weighted by molar-refractivity contribution is 5.87. The molecule has 5 nitrogen and oxygen atoms in total. The topological polar surface area (TPSA) is 58.6 Å². The molecule has 2 aromatic rings. The van der Waals surface area contributed by atoms with Gasteiger partial charge in [0.2, 0.25) is 11.8 Å². The van der Waals surface area contributed by atoms with Gasteiger partial charge in [-0.15, -0.1) is 0 Å². The number of benzene rings is 2. The van der Waals surface area contributed by atoms with Gasteiger partial charge in [0.05, 0.1) is 6.61 Å². The van der Waals surface area contributed by atoms with E-state index < -0.39 is 11.9 Å². The normalized spacial score (nSPS) is 12.7. The maximum absolute atomic E-state index is 14.2. The van der Waals surface area contributed by atoms with Crippen LogP contribution in [-0.4, -0.2) is 35.4 Å². The Morgan fingerprint density at radius 3 is 2.42 bits per heavy atom. The van der Waals surface area contributed by atoms with Crippen LogP contribution in [-0.2, 0) is 16.1 Å². The molecule has 0 aliphatic carbocycles. The van der Waals surface area contributed by atoms with Gasteiger partial charge < -0.3 is 15.0 Å². The van der Waals surface area contributed by atoms with Gasteiger partial charge in [0, 0.05) is 24.6 Å². The summed E-state index contributed by atoms with van der Waals surface area (Å²) in [6.07, 6.45) is 1.50. The average molecular weight is 429 g/mol. The SMILES string of the molecule is CC[C@H](C)NC(=O)[C@@H](C)N(Cc1ccccc1F)C(=O)CCCOc1ccc(C)cc1. The van der Waals surface area contributed by atoms with E-state index in [-0.39, 0.29) is 30.8 Å². The van der Waals surface area contributed by atoms with E-state index in [0.29, 0.717) is 18.6 Å². The van der Waals surface area contributed by atoms with Crippen LogP contribution in [0.2, 0.25) is 0 Å². The van der Waals surface area contributed by atoms with Gasteiger partial charge in [-0.2, -0.15) is 0 Å². The number of rotatable bonds is 11. The highest BCUT2D eigenvalue weighted by atomic mass is 19.1. The second-order valence-corrected chi connectivity index (χ2v) is 7.87. The molecule has 0 aliphatic rings. The van der Waals surface area contributed by atoms with Crippen LogP contribution in [0.3, 0.4) is 0 Å². The number of carbonyl (C=O) groups is 2. The third kappa shape index (κ3) is 7.70. The summed E-state index contributed by atoms with van der Waals surface area (Å²) in [4.78, 5) is 27.1. The first-order valence-corrected chi connectivity index (χ1v) is 10.8. The Morgan fingerprint density at radius 1 is 1.10 bits per heavy atom. The van der Waals surface area contributed by atoms with Crippen molar-refractivity contribution < 1.29 is 18.7 Å². The third-order valence-corrected chi connectivity index (χ3v) is 5.29. The predicted molar refractivity (Wildman–Crippen MR) is 120 cm³/mol. The van der Waals surface area contributed by atoms with E-state index in [9.17, 15) is 14.0 Å². The van der Waals surface area contributed by atoms with Crippen molar-refractivity contribution in [2.45, 2.75) is 65.6 Å². The Bertz CT molecular complexity index is 854. The Morgan fingerprint density at radius 2 is 1.77 bits per heavy atom. The molecule has 2 aromatic carbocycles. The number of carbonyl (C=O) groups excluding carboxylic acids is 2. The van der Waals surface area contributed by atoms with Crippen LogP contribution < -0.4 is 10.1 Å². The minimum atomic E-state index is -0.709. The molecule has 0 bridgehead atoms. The van der Waals surface area contributed by atoms with Crippen LogP contribution in [0.25, 0.3) is 0 Å². The molecule has 0 heterocycles. The molecule has 0 saturated heterocycles. The van der Waals surface area contributed by atoms with E-state index in [2.05, 4.69) is 5.32 Å². The largest absolute Gasteiger partial charge is 0.494 e. The molecule has 2 rings (SSSR count). The first-order valence-electron chi connectivity index (χ1n) is 10.8. The summed E-state index contributed by atoms with van der Waals surface area (Å²) in [5.41, 5.74) is 1.53. The zero-order chi connectivity index (χ0) is 22.8. The maximum Gasteiger partial charge on any atom is 0.242 e. The minimum Gasteiger partial charge on any atom is -0.494 e. The molecule has 0 radical (unpaired) electrons. The average Bonchev–Trinajstić information content (AvgIpc) is 2.76. The van der Waals surface area contributed by atoms with Crippen LogP contribution in [0.5, 0.6) is 5.75 Å². The van der Waals surface area contributed by atoms with Crippen LogP contribution >= 0.6 is 0 Å². The second-order valence-electron chi connectivity index (χ2n) is 7.87. The first kappa shape index (κ1) is 24.4. The maximum atomic E-state index is 14.2. The Hall–Kier alpha value is -2.89. The van der Waals surface area contributed by atoms with Crippen molar-refractivity contribution in [3.05, 3.63) is 65.5 Å². The summed E-state index contributed by atoms with van der Waals surface area (Å²) in [5, 5.41) is 2.91. The van der Waals surface area contributed by atoms with Gasteiger partial charge in [0.1, 0.15) is 17.6 Å². The molecule has 1 N–H and O–H groups in total. The van der Waals surface area contributed by atoms with Gasteiger partial charge in [-0.05, 0) is 51.8 Å². The number of ether oxygens (including phenoxy) is 1. The number of aryl methyl sites for hydroxylation is 1. The van der Waals surface area contributed by atoms with E-state index >= 15 is 0 Å². The van der Waals surface area contributed by atoms with Crippen LogP contribution in [0, 0.1) is 12.7 Å². The lowest BCUT2D eigenvalue weighted by Crippen LogP contribution is -2.49.